The fourth-order valence-corrected chi connectivity index (χ4v) is 2.73. The first kappa shape index (κ1) is 15.1. The normalized spacial score (nSPS) is 10.1. The van der Waals surface area contributed by atoms with Crippen LogP contribution in [0.15, 0.2) is 18.2 Å². The minimum Gasteiger partial charge on any atom is -0.480 e. The third-order valence-electron chi connectivity index (χ3n) is 2.46. The van der Waals surface area contributed by atoms with Crippen LogP contribution in [0.25, 0.3) is 10.2 Å². The summed E-state index contributed by atoms with van der Waals surface area (Å²) in [5, 5.41) is 12.2. The number of carbonyl (C=O) groups excluding carboxylic acids is 1. The van der Waals surface area contributed by atoms with E-state index >= 15 is 0 Å². The van der Waals surface area contributed by atoms with Gasteiger partial charge in [-0.25, -0.2) is 9.78 Å². The standard InChI is InChI=1S/C13H10ClN3O3S/c1-2-5-17(7-11(18)19)13(20)16-12-15-9-4-3-8(14)6-10(9)21-12/h1,3-4,6H,5,7H2,(H,18,19)(H,15,16,20). The molecule has 0 aliphatic heterocycles. The number of carboxylic acids is 1. The van der Waals surface area contributed by atoms with Gasteiger partial charge in [0.2, 0.25) is 0 Å². The molecule has 1 aromatic carbocycles. The van der Waals surface area contributed by atoms with Crippen molar-refractivity contribution in [3.63, 3.8) is 0 Å². The lowest BCUT2D eigenvalue weighted by Gasteiger charge is -2.17. The van der Waals surface area contributed by atoms with Crippen molar-refractivity contribution in [3.8, 4) is 12.3 Å². The first-order valence-electron chi connectivity index (χ1n) is 5.77. The van der Waals surface area contributed by atoms with Gasteiger partial charge in [0.1, 0.15) is 6.54 Å². The molecule has 108 valence electrons. The lowest BCUT2D eigenvalue weighted by atomic mass is 10.3. The Labute approximate surface area is 129 Å². The Morgan fingerprint density at radius 1 is 1.52 bits per heavy atom. The van der Waals surface area contributed by atoms with Crippen LogP contribution in [0.5, 0.6) is 0 Å². The van der Waals surface area contributed by atoms with Crippen molar-refractivity contribution in [2.45, 2.75) is 0 Å². The number of anilines is 1. The van der Waals surface area contributed by atoms with Crippen LogP contribution < -0.4 is 5.32 Å². The number of carboxylic acid groups (broad SMARTS) is 1. The van der Waals surface area contributed by atoms with Crippen LogP contribution in [0.4, 0.5) is 9.93 Å². The maximum absolute atomic E-state index is 12.0. The first-order valence-corrected chi connectivity index (χ1v) is 6.96. The molecule has 2 amide bonds. The number of aliphatic carboxylic acids is 1. The monoisotopic (exact) mass is 323 g/mol. The SMILES string of the molecule is C#CCN(CC(=O)O)C(=O)Nc1nc2ccc(Cl)cc2s1. The van der Waals surface area contributed by atoms with Crippen molar-refractivity contribution >= 4 is 50.3 Å². The van der Waals surface area contributed by atoms with E-state index in [1.165, 1.54) is 11.3 Å². The summed E-state index contributed by atoms with van der Waals surface area (Å²) in [6, 6.07) is 4.56. The van der Waals surface area contributed by atoms with Gasteiger partial charge in [-0.1, -0.05) is 28.9 Å². The molecule has 21 heavy (non-hydrogen) atoms. The second-order valence-electron chi connectivity index (χ2n) is 4.02. The Bertz CT molecular complexity index is 738. The average molecular weight is 324 g/mol. The van der Waals surface area contributed by atoms with Crippen LogP contribution in [0, 0.1) is 12.3 Å². The minimum atomic E-state index is -1.14. The second-order valence-corrected chi connectivity index (χ2v) is 5.48. The van der Waals surface area contributed by atoms with Crippen molar-refractivity contribution < 1.29 is 14.7 Å². The zero-order valence-corrected chi connectivity index (χ0v) is 12.2. The summed E-state index contributed by atoms with van der Waals surface area (Å²) < 4.78 is 0.819. The lowest BCUT2D eigenvalue weighted by molar-refractivity contribution is -0.137. The van der Waals surface area contributed by atoms with E-state index in [2.05, 4.69) is 16.2 Å². The average Bonchev–Trinajstić information content (AvgIpc) is 2.79. The zero-order chi connectivity index (χ0) is 15.4. The molecule has 0 saturated heterocycles. The molecule has 0 saturated carbocycles. The number of aromatic nitrogens is 1. The molecular formula is C13H10ClN3O3S. The van der Waals surface area contributed by atoms with E-state index in [4.69, 9.17) is 23.1 Å². The quantitative estimate of drug-likeness (QED) is 0.847. The van der Waals surface area contributed by atoms with Crippen LogP contribution in [-0.4, -0.2) is 40.1 Å². The molecule has 1 heterocycles. The molecule has 0 radical (unpaired) electrons. The maximum atomic E-state index is 12.0. The van der Waals surface area contributed by atoms with Crippen molar-refractivity contribution in [2.75, 3.05) is 18.4 Å². The maximum Gasteiger partial charge on any atom is 0.324 e. The molecule has 0 unspecified atom stereocenters. The van der Waals surface area contributed by atoms with Crippen LogP contribution >= 0.6 is 22.9 Å². The van der Waals surface area contributed by atoms with Gasteiger partial charge in [-0.3, -0.25) is 10.1 Å². The Balaban J connectivity index is 2.15. The highest BCUT2D eigenvalue weighted by Gasteiger charge is 2.17. The fourth-order valence-electron chi connectivity index (χ4n) is 1.60. The van der Waals surface area contributed by atoms with Crippen molar-refractivity contribution in [1.82, 2.24) is 9.88 Å². The topological polar surface area (TPSA) is 82.5 Å². The smallest absolute Gasteiger partial charge is 0.324 e. The van der Waals surface area contributed by atoms with E-state index in [1.54, 1.807) is 18.2 Å². The van der Waals surface area contributed by atoms with Gasteiger partial charge in [0, 0.05) is 5.02 Å². The summed E-state index contributed by atoms with van der Waals surface area (Å²) in [7, 11) is 0. The number of benzene rings is 1. The molecule has 2 aromatic rings. The number of urea groups is 1. The summed E-state index contributed by atoms with van der Waals surface area (Å²) in [4.78, 5) is 27.9. The molecule has 2 rings (SSSR count). The zero-order valence-electron chi connectivity index (χ0n) is 10.7. The third-order valence-corrected chi connectivity index (χ3v) is 3.63. The van der Waals surface area contributed by atoms with E-state index in [1.807, 2.05) is 0 Å². The number of hydrogen-bond donors (Lipinski definition) is 2. The van der Waals surface area contributed by atoms with Crippen molar-refractivity contribution in [1.29, 1.82) is 0 Å². The summed E-state index contributed by atoms with van der Waals surface area (Å²) in [6.07, 6.45) is 5.12. The van der Waals surface area contributed by atoms with Crippen LogP contribution in [0.3, 0.4) is 0 Å². The molecular weight excluding hydrogens is 314 g/mol. The molecule has 6 nitrogen and oxygen atoms in total. The minimum absolute atomic E-state index is 0.102. The molecule has 0 spiro atoms. The van der Waals surface area contributed by atoms with Crippen molar-refractivity contribution in [2.24, 2.45) is 0 Å². The van der Waals surface area contributed by atoms with E-state index in [0.29, 0.717) is 15.7 Å². The van der Waals surface area contributed by atoms with Gasteiger partial charge in [0.15, 0.2) is 5.13 Å². The predicted octanol–water partition coefficient (Wildman–Crippen LogP) is 2.50. The highest BCUT2D eigenvalue weighted by molar-refractivity contribution is 7.22. The summed E-state index contributed by atoms with van der Waals surface area (Å²) in [5.41, 5.74) is 0.696. The molecule has 8 heteroatoms. The van der Waals surface area contributed by atoms with E-state index in [0.717, 1.165) is 9.60 Å². The van der Waals surface area contributed by atoms with Crippen LogP contribution in [0.2, 0.25) is 5.02 Å². The summed E-state index contributed by atoms with van der Waals surface area (Å²) in [5.74, 6) is 1.10. The Hall–Kier alpha value is -2.30. The van der Waals surface area contributed by atoms with Gasteiger partial charge in [-0.15, -0.1) is 6.42 Å². The number of nitrogens with one attached hydrogen (secondary N) is 1. The highest BCUT2D eigenvalue weighted by atomic mass is 35.5. The highest BCUT2D eigenvalue weighted by Crippen LogP contribution is 2.28. The number of thiazole rings is 1. The van der Waals surface area contributed by atoms with Gasteiger partial charge < -0.3 is 10.0 Å². The number of nitrogens with zero attached hydrogens (tertiary/aromatic N) is 2. The van der Waals surface area contributed by atoms with E-state index in [9.17, 15) is 9.59 Å². The van der Waals surface area contributed by atoms with Gasteiger partial charge in [-0.2, -0.15) is 0 Å². The molecule has 2 N–H and O–H groups in total. The summed E-state index contributed by atoms with van der Waals surface area (Å²) in [6.45, 7) is -0.582. The number of terminal acetylenes is 1. The summed E-state index contributed by atoms with van der Waals surface area (Å²) >= 11 is 7.12. The number of rotatable bonds is 4. The Kier molecular flexibility index (Phi) is 4.62. The van der Waals surface area contributed by atoms with Crippen LogP contribution in [-0.2, 0) is 4.79 Å². The molecule has 0 aliphatic carbocycles. The third kappa shape index (κ3) is 3.84. The molecule has 0 bridgehead atoms. The van der Waals surface area contributed by atoms with Gasteiger partial charge >= 0.3 is 12.0 Å². The first-order chi connectivity index (χ1) is 9.99. The number of carbonyl (C=O) groups is 2. The number of hydrogen-bond acceptors (Lipinski definition) is 4. The van der Waals surface area contributed by atoms with Gasteiger partial charge in [-0.05, 0) is 18.2 Å². The van der Waals surface area contributed by atoms with Crippen LogP contribution in [0.1, 0.15) is 0 Å². The van der Waals surface area contributed by atoms with E-state index < -0.39 is 18.5 Å². The van der Waals surface area contributed by atoms with Gasteiger partial charge in [0.05, 0.1) is 16.8 Å². The largest absolute Gasteiger partial charge is 0.480 e. The molecule has 0 aliphatic rings. The molecule has 1 aromatic heterocycles. The van der Waals surface area contributed by atoms with Gasteiger partial charge in [0.25, 0.3) is 0 Å². The predicted molar refractivity (Wildman–Crippen MR) is 81.7 cm³/mol. The number of halogens is 1. The number of amides is 2. The second kappa shape index (κ2) is 6.43. The van der Waals surface area contributed by atoms with E-state index in [-0.39, 0.29) is 6.54 Å². The lowest BCUT2D eigenvalue weighted by Crippen LogP contribution is -2.38. The number of fused-ring (bicyclic) bond motifs is 1. The fraction of sp³-hybridized carbons (Fsp3) is 0.154. The Morgan fingerprint density at radius 3 is 2.95 bits per heavy atom. The molecule has 0 fully saturated rings. The Morgan fingerprint density at radius 2 is 2.29 bits per heavy atom. The molecule has 0 atom stereocenters. The van der Waals surface area contributed by atoms with Crippen molar-refractivity contribution in [3.05, 3.63) is 23.2 Å².